The van der Waals surface area contributed by atoms with Gasteiger partial charge in [0.05, 0.1) is 11.7 Å². The van der Waals surface area contributed by atoms with E-state index in [1.807, 2.05) is 18.3 Å². The molecular weight excluding hydrogens is 480 g/mol. The number of rotatable bonds is 4. The fourth-order valence-electron chi connectivity index (χ4n) is 4.29. The normalized spacial score (nSPS) is 18.1. The highest BCUT2D eigenvalue weighted by Gasteiger charge is 2.42. The van der Waals surface area contributed by atoms with Crippen molar-refractivity contribution in [1.82, 2.24) is 14.9 Å². The Kier molecular flexibility index (Phi) is 5.57. The second-order valence-electron chi connectivity index (χ2n) is 8.07. The highest BCUT2D eigenvalue weighted by molar-refractivity contribution is 9.10. The van der Waals surface area contributed by atoms with Crippen LogP contribution < -0.4 is 10.2 Å². The molecule has 32 heavy (non-hydrogen) atoms. The van der Waals surface area contributed by atoms with Crippen molar-refractivity contribution in [3.63, 3.8) is 0 Å². The molecule has 1 aliphatic rings. The van der Waals surface area contributed by atoms with Gasteiger partial charge in [-0.3, -0.25) is 4.98 Å². The monoisotopic (exact) mass is 502 g/mol. The van der Waals surface area contributed by atoms with E-state index >= 15 is 0 Å². The van der Waals surface area contributed by atoms with Crippen molar-refractivity contribution in [3.05, 3.63) is 112 Å². The van der Waals surface area contributed by atoms with Crippen molar-refractivity contribution in [2.75, 3.05) is 4.90 Å². The summed E-state index contributed by atoms with van der Waals surface area (Å²) in [7, 11) is 0. The Morgan fingerprint density at radius 1 is 0.938 bits per heavy atom. The van der Waals surface area contributed by atoms with Crippen molar-refractivity contribution in [2.45, 2.75) is 25.9 Å². The topological polar surface area (TPSA) is 33.1 Å². The smallest absolute Gasteiger partial charge is 0.174 e. The number of nitrogens with zero attached hydrogens (tertiary/aromatic N) is 3. The van der Waals surface area contributed by atoms with E-state index in [1.54, 1.807) is 0 Å². The number of anilines is 1. The largest absolute Gasteiger partial charge is 0.351 e. The van der Waals surface area contributed by atoms with Crippen molar-refractivity contribution in [2.24, 2.45) is 0 Å². The summed E-state index contributed by atoms with van der Waals surface area (Å²) in [6, 6.07) is 25.1. The summed E-state index contributed by atoms with van der Waals surface area (Å²) >= 11 is 9.49. The fourth-order valence-corrected chi connectivity index (χ4v) is 4.88. The molecule has 0 bridgehead atoms. The number of nitrogens with one attached hydrogen (secondary N) is 1. The fraction of sp³-hybridized carbons (Fsp3) is 0.154. The number of halogens is 1. The Bertz CT molecular complexity index is 1270. The SMILES string of the molecule is Cc1ccc(-n2cccc2[C@@H]2[C@H](c3ccccn3)NC(=S)N2c2ccc(Br)c(C)c2)cc1. The van der Waals surface area contributed by atoms with Gasteiger partial charge in [-0.1, -0.05) is 39.7 Å². The van der Waals surface area contributed by atoms with E-state index in [-0.39, 0.29) is 12.1 Å². The number of hydrogen-bond acceptors (Lipinski definition) is 2. The van der Waals surface area contributed by atoms with Crippen LogP contribution in [0, 0.1) is 13.8 Å². The van der Waals surface area contributed by atoms with Gasteiger partial charge in [0.15, 0.2) is 5.11 Å². The molecule has 6 heteroatoms. The zero-order valence-corrected chi connectivity index (χ0v) is 20.3. The van der Waals surface area contributed by atoms with Crippen LogP contribution in [-0.2, 0) is 0 Å². The van der Waals surface area contributed by atoms with Gasteiger partial charge in [-0.25, -0.2) is 0 Å². The first kappa shape index (κ1) is 20.9. The Morgan fingerprint density at radius 2 is 1.72 bits per heavy atom. The van der Waals surface area contributed by atoms with E-state index in [0.717, 1.165) is 27.2 Å². The summed E-state index contributed by atoms with van der Waals surface area (Å²) in [5.41, 5.74) is 6.71. The lowest BCUT2D eigenvalue weighted by Gasteiger charge is -2.29. The summed E-state index contributed by atoms with van der Waals surface area (Å²) < 4.78 is 3.33. The molecule has 4 nitrogen and oxygen atoms in total. The minimum Gasteiger partial charge on any atom is -0.351 e. The van der Waals surface area contributed by atoms with E-state index in [2.05, 4.69) is 116 Å². The summed E-state index contributed by atoms with van der Waals surface area (Å²) in [5, 5.41) is 4.25. The molecule has 2 aromatic carbocycles. The van der Waals surface area contributed by atoms with Crippen LogP contribution in [0.5, 0.6) is 0 Å². The van der Waals surface area contributed by atoms with E-state index in [1.165, 1.54) is 11.1 Å². The predicted molar refractivity (Wildman–Crippen MR) is 137 cm³/mol. The molecule has 2 atom stereocenters. The minimum absolute atomic E-state index is 0.0609. The minimum atomic E-state index is -0.0771. The third-order valence-electron chi connectivity index (χ3n) is 5.91. The van der Waals surface area contributed by atoms with E-state index in [4.69, 9.17) is 12.2 Å². The Labute approximate surface area is 202 Å². The quantitative estimate of drug-likeness (QED) is 0.326. The van der Waals surface area contributed by atoms with Gasteiger partial charge in [0.25, 0.3) is 0 Å². The van der Waals surface area contributed by atoms with Crippen molar-refractivity contribution in [3.8, 4) is 5.69 Å². The second-order valence-corrected chi connectivity index (χ2v) is 9.31. The number of hydrogen-bond donors (Lipinski definition) is 1. The number of pyridine rings is 1. The average molecular weight is 503 g/mol. The van der Waals surface area contributed by atoms with E-state index < -0.39 is 0 Å². The molecule has 0 unspecified atom stereocenters. The Morgan fingerprint density at radius 3 is 2.44 bits per heavy atom. The molecular formula is C26H23BrN4S. The molecule has 160 valence electrons. The molecule has 0 saturated carbocycles. The summed E-state index contributed by atoms with van der Waals surface area (Å²) in [5.74, 6) is 0. The lowest BCUT2D eigenvalue weighted by Crippen LogP contribution is -2.30. The van der Waals surface area contributed by atoms with E-state index in [0.29, 0.717) is 5.11 Å². The van der Waals surface area contributed by atoms with Gasteiger partial charge in [0, 0.05) is 33.9 Å². The number of aryl methyl sites for hydroxylation is 2. The van der Waals surface area contributed by atoms with Crippen LogP contribution in [0.2, 0.25) is 0 Å². The zero-order valence-electron chi connectivity index (χ0n) is 17.9. The number of benzene rings is 2. The van der Waals surface area contributed by atoms with Crippen molar-refractivity contribution >= 4 is 38.9 Å². The molecule has 1 saturated heterocycles. The summed E-state index contributed by atoms with van der Waals surface area (Å²) in [4.78, 5) is 6.88. The maximum Gasteiger partial charge on any atom is 0.174 e. The van der Waals surface area contributed by atoms with Gasteiger partial charge in [-0.15, -0.1) is 0 Å². The van der Waals surface area contributed by atoms with Crippen LogP contribution in [0.25, 0.3) is 5.69 Å². The molecule has 0 amide bonds. The van der Waals surface area contributed by atoms with Crippen LogP contribution >= 0.6 is 28.1 Å². The summed E-state index contributed by atoms with van der Waals surface area (Å²) in [6.07, 6.45) is 3.95. The van der Waals surface area contributed by atoms with Gasteiger partial charge in [0.1, 0.15) is 6.04 Å². The standard InChI is InChI=1S/C26H23BrN4S/c1-17-8-10-19(11-9-17)30-15-5-7-23(30)25-24(22-6-3-4-14-28-22)29-26(32)31(25)20-12-13-21(27)18(2)16-20/h3-16,24-25H,1-2H3,(H,29,32)/t24-,25+/m0/s1. The first-order valence-electron chi connectivity index (χ1n) is 10.5. The molecule has 1 N–H and O–H groups in total. The Hall–Kier alpha value is -2.96. The van der Waals surface area contributed by atoms with Gasteiger partial charge in [-0.2, -0.15) is 0 Å². The van der Waals surface area contributed by atoms with Crippen LogP contribution in [-0.4, -0.2) is 14.7 Å². The lowest BCUT2D eigenvalue weighted by atomic mass is 10.0. The number of thiocarbonyl (C=S) groups is 1. The Balaban J connectivity index is 1.67. The first-order valence-corrected chi connectivity index (χ1v) is 11.7. The van der Waals surface area contributed by atoms with Crippen LogP contribution in [0.1, 0.15) is 34.6 Å². The first-order chi connectivity index (χ1) is 15.5. The van der Waals surface area contributed by atoms with Gasteiger partial charge >= 0.3 is 0 Å². The van der Waals surface area contributed by atoms with Crippen molar-refractivity contribution < 1.29 is 0 Å². The molecule has 1 aliphatic heterocycles. The number of aromatic nitrogens is 2. The van der Waals surface area contributed by atoms with Crippen LogP contribution in [0.4, 0.5) is 5.69 Å². The van der Waals surface area contributed by atoms with Gasteiger partial charge in [-0.05, 0) is 86.2 Å². The van der Waals surface area contributed by atoms with Crippen LogP contribution in [0.3, 0.4) is 0 Å². The molecule has 0 radical (unpaired) electrons. The summed E-state index contributed by atoms with van der Waals surface area (Å²) in [6.45, 7) is 4.20. The predicted octanol–water partition coefficient (Wildman–Crippen LogP) is 6.43. The molecule has 2 aromatic heterocycles. The average Bonchev–Trinajstić information content (AvgIpc) is 3.41. The lowest BCUT2D eigenvalue weighted by molar-refractivity contribution is 0.549. The van der Waals surface area contributed by atoms with Crippen molar-refractivity contribution in [1.29, 1.82) is 0 Å². The molecule has 5 rings (SSSR count). The molecule has 1 fully saturated rings. The van der Waals surface area contributed by atoms with E-state index in [9.17, 15) is 0 Å². The highest BCUT2D eigenvalue weighted by atomic mass is 79.9. The zero-order chi connectivity index (χ0) is 22.2. The molecule has 3 heterocycles. The van der Waals surface area contributed by atoms with Gasteiger partial charge in [0.2, 0.25) is 0 Å². The second kappa shape index (κ2) is 8.52. The highest BCUT2D eigenvalue weighted by Crippen LogP contribution is 2.42. The molecule has 0 spiro atoms. The maximum atomic E-state index is 5.87. The third-order valence-corrected chi connectivity index (χ3v) is 7.12. The molecule has 0 aliphatic carbocycles. The van der Waals surface area contributed by atoms with Crippen LogP contribution in [0.15, 0.2) is 89.7 Å². The van der Waals surface area contributed by atoms with Gasteiger partial charge < -0.3 is 14.8 Å². The third kappa shape index (κ3) is 3.74. The molecule has 4 aromatic rings. The maximum absolute atomic E-state index is 5.87.